The molecule has 0 aromatic rings. The molecule has 0 aromatic heterocycles. The van der Waals surface area contributed by atoms with E-state index in [9.17, 15) is 0 Å². The molecule has 1 aliphatic rings. The van der Waals surface area contributed by atoms with Gasteiger partial charge in [0.2, 0.25) is 0 Å². The maximum atomic E-state index is 2.36. The summed E-state index contributed by atoms with van der Waals surface area (Å²) in [4.78, 5) is 0. The van der Waals surface area contributed by atoms with Gasteiger partial charge in [-0.05, 0) is 0 Å². The summed E-state index contributed by atoms with van der Waals surface area (Å²) in [7, 11) is 0. The zero-order valence-electron chi connectivity index (χ0n) is 3.81. The second-order valence-corrected chi connectivity index (χ2v) is 1.57. The van der Waals surface area contributed by atoms with Crippen molar-refractivity contribution in [3.63, 3.8) is 0 Å². The smallest absolute Gasteiger partial charge is 0 e. The fourth-order valence-electron chi connectivity index (χ4n) is 0.722. The predicted molar refractivity (Wildman–Crippen MR) is 22.8 cm³/mol. The monoisotopic (exact) mass is 221 g/mol. The third-order valence-corrected chi connectivity index (χ3v) is 1.07. The average Bonchev–Trinajstić information content (AvgIpc) is 1.76. The minimum Gasteiger partial charge on any atom is -0.328 e. The molecule has 1 aliphatic carbocycles. The summed E-state index contributed by atoms with van der Waals surface area (Å²) in [5, 5.41) is 0. The molecule has 0 unspecified atom stereocenters. The van der Waals surface area contributed by atoms with E-state index in [2.05, 4.69) is 6.42 Å². The average molecular weight is 219 g/mol. The van der Waals surface area contributed by atoms with E-state index in [0.717, 1.165) is 0 Å². The summed E-state index contributed by atoms with van der Waals surface area (Å²) in [5.74, 6) is 0. The number of hydrogen-bond acceptors (Lipinski definition) is 0. The van der Waals surface area contributed by atoms with Gasteiger partial charge in [-0.3, -0.25) is 0 Å². The van der Waals surface area contributed by atoms with Gasteiger partial charge in [-0.15, -0.1) is 0 Å². The van der Waals surface area contributed by atoms with Gasteiger partial charge in [-0.25, -0.2) is 0 Å². The van der Waals surface area contributed by atoms with Crippen LogP contribution >= 0.6 is 0 Å². The Labute approximate surface area is 71.8 Å². The zero-order valence-corrected chi connectivity index (χ0v) is 6.43. The van der Waals surface area contributed by atoms with Crippen LogP contribution in [0.3, 0.4) is 0 Å². The van der Waals surface area contributed by atoms with Crippen LogP contribution in [0.1, 0.15) is 25.7 Å². The summed E-state index contributed by atoms with van der Waals surface area (Å²) in [6.45, 7) is 0. The second kappa shape index (κ2) is 4.50. The molecule has 0 N–H and O–H groups in total. The van der Waals surface area contributed by atoms with Crippen molar-refractivity contribution in [1.29, 1.82) is 0 Å². The van der Waals surface area contributed by atoms with Crippen molar-refractivity contribution in [3.8, 4) is 0 Å². The Kier molecular flexibility index (Phi) is 5.50. The van der Waals surface area contributed by atoms with Gasteiger partial charge in [0.15, 0.2) is 0 Å². The fraction of sp³-hybridized carbons (Fsp3) is 0.800. The second-order valence-electron chi connectivity index (χ2n) is 1.57. The summed E-state index contributed by atoms with van der Waals surface area (Å²) in [6, 6.07) is 0. The Morgan fingerprint density at radius 1 is 1.00 bits per heavy atom. The van der Waals surface area contributed by atoms with Crippen LogP contribution in [0.4, 0.5) is 0 Å². The SMILES string of the molecule is [CH-]1CCCC1.[Sm]. The van der Waals surface area contributed by atoms with Crippen molar-refractivity contribution in [2.24, 2.45) is 0 Å². The molecule has 0 bridgehead atoms. The van der Waals surface area contributed by atoms with E-state index in [-0.39, 0.29) is 40.4 Å². The Hall–Kier alpha value is 1.34. The van der Waals surface area contributed by atoms with Gasteiger partial charge < -0.3 is 6.42 Å². The molecule has 0 saturated heterocycles. The van der Waals surface area contributed by atoms with Gasteiger partial charge in [-0.1, -0.05) is 12.8 Å². The van der Waals surface area contributed by atoms with Crippen molar-refractivity contribution in [2.45, 2.75) is 25.7 Å². The molecule has 1 heteroatoms. The molecule has 1 saturated carbocycles. The molecule has 0 aromatic carbocycles. The van der Waals surface area contributed by atoms with Crippen LogP contribution in [0, 0.1) is 46.8 Å². The minimum atomic E-state index is 0. The van der Waals surface area contributed by atoms with Crippen molar-refractivity contribution in [2.75, 3.05) is 0 Å². The maximum absolute atomic E-state index is 2.36. The molecular weight excluding hydrogens is 210 g/mol. The van der Waals surface area contributed by atoms with Gasteiger partial charge in [-0.2, -0.15) is 12.8 Å². The predicted octanol–water partition coefficient (Wildman–Crippen LogP) is 1.76. The molecule has 0 atom stereocenters. The van der Waals surface area contributed by atoms with Gasteiger partial charge >= 0.3 is 0 Å². The maximum Gasteiger partial charge on any atom is 0 e. The Bertz CT molecular complexity index is 15.5. The van der Waals surface area contributed by atoms with Gasteiger partial charge in [0.1, 0.15) is 0 Å². The van der Waals surface area contributed by atoms with Crippen LogP contribution in [-0.2, 0) is 0 Å². The van der Waals surface area contributed by atoms with Crippen LogP contribution in [-0.4, -0.2) is 0 Å². The first kappa shape index (κ1) is 7.34. The third-order valence-electron chi connectivity index (χ3n) is 1.07. The normalized spacial score (nSPS) is 20.0. The molecule has 36 valence electrons. The zero-order chi connectivity index (χ0) is 3.54. The van der Waals surface area contributed by atoms with Crippen LogP contribution in [0.15, 0.2) is 0 Å². The standard InChI is InChI=1S/C5H9.Sm/c1-2-4-5-3-1;/h1H,2-5H2;/q-1;. The first-order valence-electron chi connectivity index (χ1n) is 2.32. The molecule has 1 fully saturated rings. The Morgan fingerprint density at radius 2 is 1.50 bits per heavy atom. The van der Waals surface area contributed by atoms with Crippen LogP contribution in [0.5, 0.6) is 0 Å². The van der Waals surface area contributed by atoms with Crippen molar-refractivity contribution in [3.05, 3.63) is 6.42 Å². The van der Waals surface area contributed by atoms with Crippen LogP contribution in [0.25, 0.3) is 0 Å². The summed E-state index contributed by atoms with van der Waals surface area (Å²) >= 11 is 0. The van der Waals surface area contributed by atoms with Crippen molar-refractivity contribution >= 4 is 0 Å². The van der Waals surface area contributed by atoms with Gasteiger partial charge in [0.05, 0.1) is 0 Å². The molecule has 0 amide bonds. The molecule has 0 nitrogen and oxygen atoms in total. The van der Waals surface area contributed by atoms with Gasteiger partial charge in [0, 0.05) is 40.4 Å². The number of hydrogen-bond donors (Lipinski definition) is 0. The molecular formula is C5H9Sm-. The first-order chi connectivity index (χ1) is 2.50. The van der Waals surface area contributed by atoms with Gasteiger partial charge in [0.25, 0.3) is 0 Å². The topological polar surface area (TPSA) is 0 Å². The van der Waals surface area contributed by atoms with E-state index in [1.165, 1.54) is 25.7 Å². The van der Waals surface area contributed by atoms with Crippen LogP contribution in [0.2, 0.25) is 0 Å². The van der Waals surface area contributed by atoms with E-state index in [0.29, 0.717) is 0 Å². The van der Waals surface area contributed by atoms with E-state index < -0.39 is 0 Å². The third kappa shape index (κ3) is 2.50. The first-order valence-corrected chi connectivity index (χ1v) is 2.32. The van der Waals surface area contributed by atoms with Crippen molar-refractivity contribution in [1.82, 2.24) is 0 Å². The molecule has 6 heavy (non-hydrogen) atoms. The molecule has 0 radical (unpaired) electrons. The molecule has 0 heterocycles. The molecule has 0 aliphatic heterocycles. The van der Waals surface area contributed by atoms with E-state index >= 15 is 0 Å². The van der Waals surface area contributed by atoms with E-state index in [1.54, 1.807) is 0 Å². The number of rotatable bonds is 0. The Morgan fingerprint density at radius 3 is 1.67 bits per heavy atom. The summed E-state index contributed by atoms with van der Waals surface area (Å²) < 4.78 is 0. The van der Waals surface area contributed by atoms with Crippen LogP contribution < -0.4 is 0 Å². The Balaban J connectivity index is 0.000000250. The van der Waals surface area contributed by atoms with Crippen molar-refractivity contribution < 1.29 is 40.4 Å². The fourth-order valence-corrected chi connectivity index (χ4v) is 0.722. The van der Waals surface area contributed by atoms with E-state index in [4.69, 9.17) is 0 Å². The largest absolute Gasteiger partial charge is 0.328 e. The molecule has 1 rings (SSSR count). The summed E-state index contributed by atoms with van der Waals surface area (Å²) in [5.41, 5.74) is 0. The quantitative estimate of drug-likeness (QED) is 0.545. The summed E-state index contributed by atoms with van der Waals surface area (Å²) in [6.07, 6.45) is 8.00. The van der Waals surface area contributed by atoms with E-state index in [1.807, 2.05) is 0 Å². The molecule has 0 spiro atoms. The minimum absolute atomic E-state index is 0.